The maximum absolute atomic E-state index is 12.9. The number of carboxylic acids is 1. The van der Waals surface area contributed by atoms with E-state index < -0.39 is 42.2 Å². The highest BCUT2D eigenvalue weighted by Crippen LogP contribution is 2.15. The highest BCUT2D eigenvalue weighted by atomic mass is 16.5. The van der Waals surface area contributed by atoms with Crippen molar-refractivity contribution in [3.8, 4) is 0 Å². The van der Waals surface area contributed by atoms with Gasteiger partial charge in [-0.3, -0.25) is 24.2 Å². The fourth-order valence-corrected chi connectivity index (χ4v) is 3.79. The van der Waals surface area contributed by atoms with Gasteiger partial charge in [-0.2, -0.15) is 0 Å². The summed E-state index contributed by atoms with van der Waals surface area (Å²) in [4.78, 5) is 53.9. The smallest absolute Gasteiger partial charge is 0.305 e. The molecule has 0 bridgehead atoms. The third kappa shape index (κ3) is 8.39. The number of benzene rings is 2. The van der Waals surface area contributed by atoms with Crippen LogP contribution in [0.5, 0.6) is 0 Å². The zero-order valence-electron chi connectivity index (χ0n) is 20.5. The number of amides is 3. The molecule has 194 valence electrons. The quantitative estimate of drug-likeness (QED) is 0.275. The van der Waals surface area contributed by atoms with Gasteiger partial charge in [0.2, 0.25) is 17.7 Å². The molecule has 0 saturated heterocycles. The zero-order valence-corrected chi connectivity index (χ0v) is 20.5. The molecule has 0 fully saturated rings. The highest BCUT2D eigenvalue weighted by molar-refractivity contribution is 5.94. The number of fused-ring (bicyclic) bond motifs is 1. The lowest BCUT2D eigenvalue weighted by molar-refractivity contribution is -0.141. The van der Waals surface area contributed by atoms with Gasteiger partial charge in [-0.05, 0) is 23.6 Å². The van der Waals surface area contributed by atoms with Crippen molar-refractivity contribution in [1.29, 1.82) is 0 Å². The summed E-state index contributed by atoms with van der Waals surface area (Å²) in [6.07, 6.45) is 1.55. The summed E-state index contributed by atoms with van der Waals surface area (Å²) in [5.74, 6) is -3.05. The second-order valence-corrected chi connectivity index (χ2v) is 8.43. The number of hydrogen-bond acceptors (Lipinski definition) is 6. The number of methoxy groups -OCH3 is 1. The molecule has 37 heavy (non-hydrogen) atoms. The topological polar surface area (TPSA) is 147 Å². The summed E-state index contributed by atoms with van der Waals surface area (Å²) < 4.78 is 5.09. The van der Waals surface area contributed by atoms with Crippen molar-refractivity contribution in [2.24, 2.45) is 0 Å². The number of aromatic nitrogens is 1. The molecule has 10 nitrogen and oxygen atoms in total. The summed E-state index contributed by atoms with van der Waals surface area (Å²) in [5.41, 5.74) is 2.48. The van der Waals surface area contributed by atoms with Crippen LogP contribution in [0.2, 0.25) is 0 Å². The van der Waals surface area contributed by atoms with Crippen LogP contribution in [0.3, 0.4) is 0 Å². The molecule has 0 aliphatic carbocycles. The number of carboxylic acid groups (broad SMARTS) is 1. The lowest BCUT2D eigenvalue weighted by atomic mass is 10.1. The van der Waals surface area contributed by atoms with E-state index in [1.54, 1.807) is 6.20 Å². The second-order valence-electron chi connectivity index (χ2n) is 8.43. The van der Waals surface area contributed by atoms with E-state index in [4.69, 9.17) is 4.74 Å². The van der Waals surface area contributed by atoms with Gasteiger partial charge in [0.25, 0.3) is 0 Å². The van der Waals surface area contributed by atoms with E-state index in [1.165, 1.54) is 7.11 Å². The fraction of sp³-hybridized carbons (Fsp3) is 0.296. The first-order valence-electron chi connectivity index (χ1n) is 11.8. The van der Waals surface area contributed by atoms with E-state index in [-0.39, 0.29) is 19.6 Å². The molecule has 0 saturated carbocycles. The number of rotatable bonds is 13. The van der Waals surface area contributed by atoms with Gasteiger partial charge in [0.05, 0.1) is 18.5 Å². The van der Waals surface area contributed by atoms with Crippen LogP contribution < -0.4 is 16.0 Å². The number of ether oxygens (including phenoxy) is 1. The molecule has 1 aromatic heterocycles. The van der Waals surface area contributed by atoms with E-state index in [1.807, 2.05) is 60.7 Å². The molecule has 0 unspecified atom stereocenters. The van der Waals surface area contributed by atoms with Crippen LogP contribution >= 0.6 is 0 Å². The molecule has 1 heterocycles. The van der Waals surface area contributed by atoms with Gasteiger partial charge < -0.3 is 25.8 Å². The molecular formula is C27H30N4O6. The summed E-state index contributed by atoms with van der Waals surface area (Å²) in [6, 6.07) is 16.2. The Kier molecular flexibility index (Phi) is 10.1. The summed E-state index contributed by atoms with van der Waals surface area (Å²) >= 11 is 0. The molecule has 0 aliphatic rings. The summed E-state index contributed by atoms with van der Waals surface area (Å²) in [7, 11) is 1.38. The number of hydrogen-bond donors (Lipinski definition) is 4. The van der Waals surface area contributed by atoms with Crippen LogP contribution in [0.15, 0.2) is 66.9 Å². The van der Waals surface area contributed by atoms with Gasteiger partial charge in [-0.1, -0.05) is 54.6 Å². The van der Waals surface area contributed by atoms with E-state index in [0.717, 1.165) is 22.0 Å². The standard InChI is InChI=1S/C27H30N4O6/c1-37-17-22(26(35)29-16-20-10-5-9-19-11-6-14-28-25(19)20)31-27(36)21(15-24(33)34)30-23(32)13-12-18-7-3-2-4-8-18/h2-11,14,21-22H,12-13,15-17H2,1H3,(H,29,35)(H,30,32)(H,31,36)(H,33,34)/t21-,22-/m0/s1. The SMILES string of the molecule is COC[C@H](NC(=O)[C@H](CC(=O)O)NC(=O)CCc1ccccc1)C(=O)NCc1cccc2cccnc12. The molecule has 0 radical (unpaired) electrons. The van der Waals surface area contributed by atoms with Crippen molar-refractivity contribution in [3.05, 3.63) is 78.0 Å². The zero-order chi connectivity index (χ0) is 26.6. The minimum Gasteiger partial charge on any atom is -0.481 e. The van der Waals surface area contributed by atoms with Crippen molar-refractivity contribution in [2.45, 2.75) is 37.9 Å². The first-order valence-corrected chi connectivity index (χ1v) is 11.8. The number of carbonyl (C=O) groups is 4. The third-order valence-corrected chi connectivity index (χ3v) is 5.65. The predicted octanol–water partition coefficient (Wildman–Crippen LogP) is 1.57. The maximum atomic E-state index is 12.9. The number of para-hydroxylation sites is 1. The molecule has 2 aromatic carbocycles. The molecule has 0 aliphatic heterocycles. The fourth-order valence-electron chi connectivity index (χ4n) is 3.79. The summed E-state index contributed by atoms with van der Waals surface area (Å²) in [6.45, 7) is 0.0190. The van der Waals surface area contributed by atoms with Gasteiger partial charge in [0.1, 0.15) is 12.1 Å². The van der Waals surface area contributed by atoms with Crippen LogP contribution in [-0.2, 0) is 36.9 Å². The lowest BCUT2D eigenvalue weighted by Crippen LogP contribution is -2.55. The van der Waals surface area contributed by atoms with E-state index in [2.05, 4.69) is 20.9 Å². The van der Waals surface area contributed by atoms with Crippen molar-refractivity contribution >= 4 is 34.6 Å². The Morgan fingerprint density at radius 1 is 0.919 bits per heavy atom. The van der Waals surface area contributed by atoms with Gasteiger partial charge in [-0.25, -0.2) is 0 Å². The number of aliphatic carboxylic acids is 1. The molecule has 0 spiro atoms. The normalized spacial score (nSPS) is 12.4. The van der Waals surface area contributed by atoms with Crippen LogP contribution in [0.4, 0.5) is 0 Å². The Morgan fingerprint density at radius 3 is 2.41 bits per heavy atom. The van der Waals surface area contributed by atoms with Gasteiger partial charge in [0.15, 0.2) is 0 Å². The number of nitrogens with one attached hydrogen (secondary N) is 3. The third-order valence-electron chi connectivity index (χ3n) is 5.65. The minimum atomic E-state index is -1.35. The number of nitrogens with zero attached hydrogens (tertiary/aromatic N) is 1. The Labute approximate surface area is 214 Å². The summed E-state index contributed by atoms with van der Waals surface area (Å²) in [5, 5.41) is 17.9. The predicted molar refractivity (Wildman–Crippen MR) is 136 cm³/mol. The van der Waals surface area contributed by atoms with Crippen LogP contribution in [-0.4, -0.2) is 59.6 Å². The molecular weight excluding hydrogens is 476 g/mol. The van der Waals surface area contributed by atoms with Crippen molar-refractivity contribution in [2.75, 3.05) is 13.7 Å². The average molecular weight is 507 g/mol. The molecule has 10 heteroatoms. The Hall–Kier alpha value is -4.31. The Bertz CT molecular complexity index is 1230. The number of pyridine rings is 1. The molecule has 3 amide bonds. The van der Waals surface area contributed by atoms with E-state index in [0.29, 0.717) is 6.42 Å². The monoisotopic (exact) mass is 506 g/mol. The second kappa shape index (κ2) is 13.7. The molecule has 4 N–H and O–H groups in total. The molecule has 3 aromatic rings. The van der Waals surface area contributed by atoms with Crippen LogP contribution in [0.25, 0.3) is 10.9 Å². The van der Waals surface area contributed by atoms with Gasteiger partial charge in [0, 0.05) is 31.7 Å². The van der Waals surface area contributed by atoms with Gasteiger partial charge in [-0.15, -0.1) is 0 Å². The highest BCUT2D eigenvalue weighted by Gasteiger charge is 2.28. The number of carbonyl (C=O) groups excluding carboxylic acids is 3. The lowest BCUT2D eigenvalue weighted by Gasteiger charge is -2.22. The first kappa shape index (κ1) is 27.3. The van der Waals surface area contributed by atoms with Crippen molar-refractivity contribution in [3.63, 3.8) is 0 Å². The van der Waals surface area contributed by atoms with Crippen molar-refractivity contribution < 1.29 is 29.0 Å². The van der Waals surface area contributed by atoms with Gasteiger partial charge >= 0.3 is 5.97 Å². The molecule has 2 atom stereocenters. The Balaban J connectivity index is 1.61. The first-order chi connectivity index (χ1) is 17.9. The van der Waals surface area contributed by atoms with E-state index >= 15 is 0 Å². The maximum Gasteiger partial charge on any atom is 0.305 e. The number of aryl methyl sites for hydroxylation is 1. The minimum absolute atomic E-state index is 0.0778. The van der Waals surface area contributed by atoms with E-state index in [9.17, 15) is 24.3 Å². The molecule has 3 rings (SSSR count). The van der Waals surface area contributed by atoms with Crippen LogP contribution in [0, 0.1) is 0 Å². The largest absolute Gasteiger partial charge is 0.481 e. The Morgan fingerprint density at radius 2 is 1.68 bits per heavy atom. The average Bonchev–Trinajstić information content (AvgIpc) is 2.90. The van der Waals surface area contributed by atoms with Crippen molar-refractivity contribution in [1.82, 2.24) is 20.9 Å². The van der Waals surface area contributed by atoms with Crippen LogP contribution in [0.1, 0.15) is 24.0 Å².